The number of benzene rings is 1. The molecule has 0 unspecified atom stereocenters. The standard InChI is InChI=1S/C13H12ClFN2/c1-9-3-2-4-13(17-9)16-8-10-5-6-12(15)11(14)7-10/h2-7H,8H2,1H3,(H,16,17). The fraction of sp³-hybridized carbons (Fsp3) is 0.154. The molecule has 1 aromatic heterocycles. The Morgan fingerprint density at radius 3 is 2.82 bits per heavy atom. The maximum Gasteiger partial charge on any atom is 0.141 e. The summed E-state index contributed by atoms with van der Waals surface area (Å²) in [5.41, 5.74) is 1.87. The Kier molecular flexibility index (Phi) is 3.59. The van der Waals surface area contributed by atoms with E-state index in [0.717, 1.165) is 17.1 Å². The van der Waals surface area contributed by atoms with Gasteiger partial charge in [0, 0.05) is 12.2 Å². The summed E-state index contributed by atoms with van der Waals surface area (Å²) >= 11 is 5.70. The number of hydrogen-bond donors (Lipinski definition) is 1. The quantitative estimate of drug-likeness (QED) is 0.896. The van der Waals surface area contributed by atoms with Gasteiger partial charge >= 0.3 is 0 Å². The van der Waals surface area contributed by atoms with Crippen LogP contribution in [0.5, 0.6) is 0 Å². The summed E-state index contributed by atoms with van der Waals surface area (Å²) in [6, 6.07) is 10.4. The molecule has 4 heteroatoms. The van der Waals surface area contributed by atoms with E-state index >= 15 is 0 Å². The van der Waals surface area contributed by atoms with Crippen molar-refractivity contribution < 1.29 is 4.39 Å². The van der Waals surface area contributed by atoms with Crippen LogP contribution in [0.4, 0.5) is 10.2 Å². The second kappa shape index (κ2) is 5.15. The molecule has 0 bridgehead atoms. The van der Waals surface area contributed by atoms with Gasteiger partial charge in [0.1, 0.15) is 11.6 Å². The van der Waals surface area contributed by atoms with Crippen LogP contribution in [0.3, 0.4) is 0 Å². The van der Waals surface area contributed by atoms with E-state index in [9.17, 15) is 4.39 Å². The van der Waals surface area contributed by atoms with E-state index in [1.807, 2.05) is 25.1 Å². The minimum atomic E-state index is -0.399. The van der Waals surface area contributed by atoms with Crippen molar-refractivity contribution in [2.45, 2.75) is 13.5 Å². The van der Waals surface area contributed by atoms with E-state index in [4.69, 9.17) is 11.6 Å². The largest absolute Gasteiger partial charge is 0.366 e. The van der Waals surface area contributed by atoms with Crippen molar-refractivity contribution in [3.63, 3.8) is 0 Å². The van der Waals surface area contributed by atoms with Gasteiger partial charge < -0.3 is 5.32 Å². The zero-order valence-corrected chi connectivity index (χ0v) is 10.1. The minimum absolute atomic E-state index is 0.140. The topological polar surface area (TPSA) is 24.9 Å². The van der Waals surface area contributed by atoms with Crippen molar-refractivity contribution in [2.75, 3.05) is 5.32 Å². The number of hydrogen-bond acceptors (Lipinski definition) is 2. The van der Waals surface area contributed by atoms with Crippen LogP contribution < -0.4 is 5.32 Å². The van der Waals surface area contributed by atoms with E-state index in [-0.39, 0.29) is 5.02 Å². The number of nitrogens with zero attached hydrogens (tertiary/aromatic N) is 1. The lowest BCUT2D eigenvalue weighted by Crippen LogP contribution is -2.01. The second-order valence-corrected chi connectivity index (χ2v) is 4.17. The van der Waals surface area contributed by atoms with Gasteiger partial charge in [0.15, 0.2) is 0 Å². The Morgan fingerprint density at radius 1 is 1.29 bits per heavy atom. The van der Waals surface area contributed by atoms with Gasteiger partial charge in [-0.15, -0.1) is 0 Å². The fourth-order valence-corrected chi connectivity index (χ4v) is 1.69. The molecule has 0 aliphatic heterocycles. The van der Waals surface area contributed by atoms with Gasteiger partial charge in [-0.3, -0.25) is 0 Å². The van der Waals surface area contributed by atoms with Gasteiger partial charge in [0.05, 0.1) is 5.02 Å². The van der Waals surface area contributed by atoms with Crippen LogP contribution in [0.25, 0.3) is 0 Å². The average molecular weight is 251 g/mol. The average Bonchev–Trinajstić information content (AvgIpc) is 2.31. The first-order chi connectivity index (χ1) is 8.15. The smallest absolute Gasteiger partial charge is 0.141 e. The van der Waals surface area contributed by atoms with E-state index in [2.05, 4.69) is 10.3 Å². The van der Waals surface area contributed by atoms with Gasteiger partial charge in [-0.1, -0.05) is 23.7 Å². The minimum Gasteiger partial charge on any atom is -0.366 e. The molecule has 0 aliphatic rings. The molecule has 0 radical (unpaired) electrons. The molecule has 2 rings (SSSR count). The SMILES string of the molecule is Cc1cccc(NCc2ccc(F)c(Cl)c2)n1. The van der Waals surface area contributed by atoms with Crippen LogP contribution >= 0.6 is 11.6 Å². The molecule has 0 spiro atoms. The predicted molar refractivity (Wildman–Crippen MR) is 67.7 cm³/mol. The van der Waals surface area contributed by atoms with Crippen molar-refractivity contribution in [1.29, 1.82) is 0 Å². The molecule has 17 heavy (non-hydrogen) atoms. The van der Waals surface area contributed by atoms with Crippen LogP contribution in [-0.4, -0.2) is 4.98 Å². The van der Waals surface area contributed by atoms with Crippen molar-refractivity contribution in [3.8, 4) is 0 Å². The third kappa shape index (κ3) is 3.17. The summed E-state index contributed by atoms with van der Waals surface area (Å²) in [5, 5.41) is 3.30. The van der Waals surface area contributed by atoms with E-state index < -0.39 is 5.82 Å². The molecule has 0 atom stereocenters. The normalized spacial score (nSPS) is 10.3. The summed E-state index contributed by atoms with van der Waals surface area (Å²) in [6.45, 7) is 2.50. The summed E-state index contributed by atoms with van der Waals surface area (Å²) in [5.74, 6) is 0.398. The van der Waals surface area contributed by atoms with Crippen molar-refractivity contribution >= 4 is 17.4 Å². The molecule has 1 aromatic carbocycles. The number of pyridine rings is 1. The Labute approximate surface area is 104 Å². The van der Waals surface area contributed by atoms with E-state index in [0.29, 0.717) is 6.54 Å². The number of rotatable bonds is 3. The summed E-state index contributed by atoms with van der Waals surface area (Å²) < 4.78 is 13.0. The zero-order valence-electron chi connectivity index (χ0n) is 9.37. The highest BCUT2D eigenvalue weighted by molar-refractivity contribution is 6.30. The van der Waals surface area contributed by atoms with Gasteiger partial charge in [-0.2, -0.15) is 0 Å². The Balaban J connectivity index is 2.05. The maximum atomic E-state index is 13.0. The fourth-order valence-electron chi connectivity index (χ4n) is 1.48. The molecule has 88 valence electrons. The van der Waals surface area contributed by atoms with Crippen LogP contribution in [0.2, 0.25) is 5.02 Å². The highest BCUT2D eigenvalue weighted by atomic mass is 35.5. The molecular weight excluding hydrogens is 239 g/mol. The molecule has 1 heterocycles. The second-order valence-electron chi connectivity index (χ2n) is 3.77. The highest BCUT2D eigenvalue weighted by Gasteiger charge is 2.01. The predicted octanol–water partition coefficient (Wildman–Crippen LogP) is 3.79. The Bertz CT molecular complexity index is 529. The number of nitrogens with one attached hydrogen (secondary N) is 1. The van der Waals surface area contributed by atoms with Gasteiger partial charge in [0.25, 0.3) is 0 Å². The number of anilines is 1. The number of aromatic nitrogens is 1. The first kappa shape index (κ1) is 11.9. The monoisotopic (exact) mass is 250 g/mol. The molecule has 0 aliphatic carbocycles. The van der Waals surface area contributed by atoms with Crippen LogP contribution in [-0.2, 0) is 6.54 Å². The summed E-state index contributed by atoms with van der Waals surface area (Å²) in [7, 11) is 0. The van der Waals surface area contributed by atoms with Gasteiger partial charge in [-0.25, -0.2) is 9.37 Å². The summed E-state index contributed by atoms with van der Waals surface area (Å²) in [6.07, 6.45) is 0. The number of halogens is 2. The molecule has 0 amide bonds. The molecule has 2 nitrogen and oxygen atoms in total. The van der Waals surface area contributed by atoms with Gasteiger partial charge in [0.2, 0.25) is 0 Å². The van der Waals surface area contributed by atoms with Crippen molar-refractivity contribution in [3.05, 3.63) is 58.5 Å². The number of aryl methyl sites for hydroxylation is 1. The lowest BCUT2D eigenvalue weighted by Gasteiger charge is -2.06. The Hall–Kier alpha value is -1.61. The first-order valence-corrected chi connectivity index (χ1v) is 5.64. The van der Waals surface area contributed by atoms with E-state index in [1.165, 1.54) is 6.07 Å². The lowest BCUT2D eigenvalue weighted by atomic mass is 10.2. The zero-order chi connectivity index (χ0) is 12.3. The molecule has 0 saturated heterocycles. The van der Waals surface area contributed by atoms with Crippen LogP contribution in [0.1, 0.15) is 11.3 Å². The van der Waals surface area contributed by atoms with Crippen LogP contribution in [0, 0.1) is 12.7 Å². The molecular formula is C13H12ClFN2. The van der Waals surface area contributed by atoms with Gasteiger partial charge in [-0.05, 0) is 36.8 Å². The third-order valence-electron chi connectivity index (χ3n) is 2.35. The molecule has 1 N–H and O–H groups in total. The van der Waals surface area contributed by atoms with E-state index in [1.54, 1.807) is 12.1 Å². The van der Waals surface area contributed by atoms with Crippen molar-refractivity contribution in [2.24, 2.45) is 0 Å². The van der Waals surface area contributed by atoms with Crippen LogP contribution in [0.15, 0.2) is 36.4 Å². The molecule has 0 saturated carbocycles. The first-order valence-electron chi connectivity index (χ1n) is 5.26. The lowest BCUT2D eigenvalue weighted by molar-refractivity contribution is 0.627. The Morgan fingerprint density at radius 2 is 2.12 bits per heavy atom. The molecule has 0 fully saturated rings. The summed E-state index contributed by atoms with van der Waals surface area (Å²) in [4.78, 5) is 4.31. The maximum absolute atomic E-state index is 13.0. The third-order valence-corrected chi connectivity index (χ3v) is 2.64. The van der Waals surface area contributed by atoms with Crippen molar-refractivity contribution in [1.82, 2.24) is 4.98 Å². The molecule has 2 aromatic rings. The highest BCUT2D eigenvalue weighted by Crippen LogP contribution is 2.16.